The van der Waals surface area contributed by atoms with Gasteiger partial charge in [-0.25, -0.2) is 0 Å². The van der Waals surface area contributed by atoms with Gasteiger partial charge >= 0.3 is 0 Å². The van der Waals surface area contributed by atoms with Crippen LogP contribution < -0.4 is 10.6 Å². The molecule has 1 aliphatic rings. The summed E-state index contributed by atoms with van der Waals surface area (Å²) in [7, 11) is 0. The Morgan fingerprint density at radius 3 is 2.83 bits per heavy atom. The van der Waals surface area contributed by atoms with Gasteiger partial charge in [-0.3, -0.25) is 9.89 Å². The van der Waals surface area contributed by atoms with Crippen LogP contribution in [-0.4, -0.2) is 27.8 Å². The maximum absolute atomic E-state index is 12.6. The molecule has 24 heavy (non-hydrogen) atoms. The van der Waals surface area contributed by atoms with Gasteiger partial charge in [0.25, 0.3) is 5.91 Å². The Morgan fingerprint density at radius 2 is 2.12 bits per heavy atom. The molecule has 1 amide bonds. The first-order valence-electron chi connectivity index (χ1n) is 7.89. The van der Waals surface area contributed by atoms with Crippen molar-refractivity contribution in [3.63, 3.8) is 0 Å². The van der Waals surface area contributed by atoms with Gasteiger partial charge in [0.1, 0.15) is 5.75 Å². The summed E-state index contributed by atoms with van der Waals surface area (Å²) in [5.41, 5.74) is 4.75. The van der Waals surface area contributed by atoms with E-state index in [9.17, 15) is 9.90 Å². The number of aromatic hydroxyl groups is 1. The van der Waals surface area contributed by atoms with E-state index in [2.05, 4.69) is 20.8 Å². The molecule has 6 nitrogen and oxygen atoms in total. The number of H-pyrrole nitrogens is 1. The Hall–Kier alpha value is -2.05. The van der Waals surface area contributed by atoms with E-state index in [-0.39, 0.29) is 30.0 Å². The molecule has 0 bridgehead atoms. The van der Waals surface area contributed by atoms with E-state index in [1.54, 1.807) is 6.07 Å². The smallest absolute Gasteiger partial charge is 0.276 e. The van der Waals surface area contributed by atoms with Gasteiger partial charge < -0.3 is 15.7 Å². The van der Waals surface area contributed by atoms with Crippen LogP contribution in [0.5, 0.6) is 5.75 Å². The zero-order valence-corrected chi connectivity index (χ0v) is 14.9. The molecule has 0 unspecified atom stereocenters. The minimum atomic E-state index is -0.227. The molecule has 1 aromatic heterocycles. The molecule has 3 rings (SSSR count). The van der Waals surface area contributed by atoms with Crippen molar-refractivity contribution >= 4 is 24.0 Å². The number of aromatic nitrogens is 2. The summed E-state index contributed by atoms with van der Waals surface area (Å²) in [6, 6.07) is 3.52. The highest BCUT2D eigenvalue weighted by molar-refractivity contribution is 6.04. The number of hydrogen-bond acceptors (Lipinski definition) is 4. The Balaban J connectivity index is 0.00000208. The molecule has 1 aromatic carbocycles. The number of aromatic amines is 1. The number of hydrogen-bond donors (Lipinski definition) is 4. The number of amides is 1. The molecular formula is C17H23ClN4O2. The summed E-state index contributed by atoms with van der Waals surface area (Å²) < 4.78 is 0. The Bertz CT molecular complexity index is 755. The predicted molar refractivity (Wildman–Crippen MR) is 96.1 cm³/mol. The topological polar surface area (TPSA) is 90.0 Å². The average molecular weight is 351 g/mol. The zero-order valence-electron chi connectivity index (χ0n) is 14.1. The number of rotatable bonds is 3. The summed E-state index contributed by atoms with van der Waals surface area (Å²) in [5, 5.41) is 23.3. The van der Waals surface area contributed by atoms with Gasteiger partial charge in [-0.05, 0) is 36.1 Å². The lowest BCUT2D eigenvalue weighted by Crippen LogP contribution is -2.25. The lowest BCUT2D eigenvalue weighted by molar-refractivity contribution is 0.102. The summed E-state index contributed by atoms with van der Waals surface area (Å²) in [6.45, 7) is 7.42. The van der Waals surface area contributed by atoms with Crippen molar-refractivity contribution in [3.8, 4) is 5.75 Å². The maximum atomic E-state index is 12.6. The monoisotopic (exact) mass is 350 g/mol. The standard InChI is InChI=1S/C17H22N4O2.ClH/c1-9(2)11-7-14(10(3)6-15(11)22)19-17(23)16-12-8-18-5-4-13(12)20-21-16;/h6-7,9,18,22H,4-5,8H2,1-3H3,(H,19,23)(H,20,21);1H. The van der Waals surface area contributed by atoms with Gasteiger partial charge in [-0.15, -0.1) is 12.4 Å². The van der Waals surface area contributed by atoms with Crippen LogP contribution in [0.15, 0.2) is 12.1 Å². The van der Waals surface area contributed by atoms with Crippen LogP contribution in [0.4, 0.5) is 5.69 Å². The third-order valence-electron chi connectivity index (χ3n) is 4.27. The lowest BCUT2D eigenvalue weighted by Gasteiger charge is -2.15. The molecule has 2 heterocycles. The van der Waals surface area contributed by atoms with E-state index >= 15 is 0 Å². The Kier molecular flexibility index (Phi) is 5.51. The number of benzene rings is 1. The first kappa shape index (κ1) is 18.3. The second-order valence-electron chi connectivity index (χ2n) is 6.29. The maximum Gasteiger partial charge on any atom is 0.276 e. The van der Waals surface area contributed by atoms with Gasteiger partial charge in [-0.1, -0.05) is 13.8 Å². The third-order valence-corrected chi connectivity index (χ3v) is 4.27. The summed E-state index contributed by atoms with van der Waals surface area (Å²) in [5.74, 6) is 0.208. The number of nitrogens with zero attached hydrogens (tertiary/aromatic N) is 1. The molecule has 0 atom stereocenters. The van der Waals surface area contributed by atoms with Crippen molar-refractivity contribution < 1.29 is 9.90 Å². The molecule has 2 aromatic rings. The number of anilines is 1. The highest BCUT2D eigenvalue weighted by atomic mass is 35.5. The molecule has 0 saturated heterocycles. The largest absolute Gasteiger partial charge is 0.508 e. The van der Waals surface area contributed by atoms with Crippen molar-refractivity contribution in [3.05, 3.63) is 40.2 Å². The summed E-state index contributed by atoms with van der Waals surface area (Å²) >= 11 is 0. The number of carbonyl (C=O) groups is 1. The van der Waals surface area contributed by atoms with Crippen molar-refractivity contribution in [1.29, 1.82) is 0 Å². The summed E-state index contributed by atoms with van der Waals surface area (Å²) in [6.07, 6.45) is 0.853. The van der Waals surface area contributed by atoms with Crippen molar-refractivity contribution in [2.45, 2.75) is 39.7 Å². The van der Waals surface area contributed by atoms with E-state index in [4.69, 9.17) is 0 Å². The van der Waals surface area contributed by atoms with Crippen LogP contribution in [0.3, 0.4) is 0 Å². The molecule has 0 saturated carbocycles. The molecule has 0 fully saturated rings. The average Bonchev–Trinajstić information content (AvgIpc) is 2.93. The highest BCUT2D eigenvalue weighted by Crippen LogP contribution is 2.31. The molecular weight excluding hydrogens is 328 g/mol. The quantitative estimate of drug-likeness (QED) is 0.641. The fourth-order valence-corrected chi connectivity index (χ4v) is 2.90. The number of aryl methyl sites for hydroxylation is 1. The Labute approximate surface area is 147 Å². The number of nitrogens with one attached hydrogen (secondary N) is 3. The van der Waals surface area contributed by atoms with Gasteiger partial charge in [0, 0.05) is 36.5 Å². The van der Waals surface area contributed by atoms with Crippen molar-refractivity contribution in [1.82, 2.24) is 15.5 Å². The van der Waals surface area contributed by atoms with Crippen LogP contribution in [0, 0.1) is 6.92 Å². The third kappa shape index (κ3) is 3.39. The molecule has 1 aliphatic heterocycles. The predicted octanol–water partition coefficient (Wildman–Crippen LogP) is 2.87. The fourth-order valence-electron chi connectivity index (χ4n) is 2.90. The van der Waals surface area contributed by atoms with Crippen LogP contribution in [-0.2, 0) is 13.0 Å². The van der Waals surface area contributed by atoms with Gasteiger partial charge in [-0.2, -0.15) is 5.10 Å². The zero-order chi connectivity index (χ0) is 16.6. The minimum absolute atomic E-state index is 0. The van der Waals surface area contributed by atoms with Crippen LogP contribution in [0.2, 0.25) is 0 Å². The number of phenols is 1. The molecule has 130 valence electrons. The number of carbonyl (C=O) groups excluding carboxylic acids is 1. The normalized spacial score (nSPS) is 13.3. The minimum Gasteiger partial charge on any atom is -0.508 e. The summed E-state index contributed by atoms with van der Waals surface area (Å²) in [4.78, 5) is 12.6. The van der Waals surface area contributed by atoms with Gasteiger partial charge in [0.2, 0.25) is 0 Å². The lowest BCUT2D eigenvalue weighted by atomic mass is 9.99. The first-order valence-corrected chi connectivity index (χ1v) is 7.89. The van der Waals surface area contributed by atoms with Crippen molar-refractivity contribution in [2.24, 2.45) is 0 Å². The number of halogens is 1. The van der Waals surface area contributed by atoms with E-state index in [1.807, 2.05) is 26.8 Å². The molecule has 7 heteroatoms. The highest BCUT2D eigenvalue weighted by Gasteiger charge is 2.22. The van der Waals surface area contributed by atoms with E-state index in [0.717, 1.165) is 35.3 Å². The van der Waals surface area contributed by atoms with Gasteiger partial charge in [0.05, 0.1) is 0 Å². The second-order valence-corrected chi connectivity index (χ2v) is 6.29. The molecule has 0 aliphatic carbocycles. The Morgan fingerprint density at radius 1 is 1.38 bits per heavy atom. The SMILES string of the molecule is Cc1cc(O)c(C(C)C)cc1NC(=O)c1n[nH]c2c1CNCC2.Cl. The fraction of sp³-hybridized carbons (Fsp3) is 0.412. The first-order chi connectivity index (χ1) is 11.0. The molecule has 0 radical (unpaired) electrons. The van der Waals surface area contributed by atoms with E-state index in [0.29, 0.717) is 17.9 Å². The van der Waals surface area contributed by atoms with Crippen LogP contribution in [0.25, 0.3) is 0 Å². The number of phenolic OH excluding ortho intramolecular Hbond substituents is 1. The number of fused-ring (bicyclic) bond motifs is 1. The van der Waals surface area contributed by atoms with E-state index < -0.39 is 0 Å². The van der Waals surface area contributed by atoms with Crippen LogP contribution >= 0.6 is 12.4 Å². The van der Waals surface area contributed by atoms with Gasteiger partial charge in [0.15, 0.2) is 5.69 Å². The van der Waals surface area contributed by atoms with Crippen LogP contribution in [0.1, 0.15) is 52.6 Å². The molecule has 0 spiro atoms. The second kappa shape index (κ2) is 7.23. The van der Waals surface area contributed by atoms with E-state index in [1.165, 1.54) is 0 Å². The molecule has 4 N–H and O–H groups in total. The van der Waals surface area contributed by atoms with Crippen molar-refractivity contribution in [2.75, 3.05) is 11.9 Å².